The second kappa shape index (κ2) is 3.81. The Hall–Kier alpha value is -1.10. The summed E-state index contributed by atoms with van der Waals surface area (Å²) in [6, 6.07) is 0. The van der Waals surface area contributed by atoms with Gasteiger partial charge in [-0.3, -0.25) is 9.59 Å². The predicted octanol–water partition coefficient (Wildman–Crippen LogP) is -0.298. The Balaban J connectivity index is 2.15. The molecule has 5 nitrogen and oxygen atoms in total. The van der Waals surface area contributed by atoms with Crippen molar-refractivity contribution in [3.8, 4) is 0 Å². The molecule has 1 atom stereocenters. The highest BCUT2D eigenvalue weighted by atomic mass is 16.5. The minimum Gasteiger partial charge on any atom is -0.465 e. The van der Waals surface area contributed by atoms with Crippen LogP contribution in [0.15, 0.2) is 0 Å². The number of carbonyl (C=O) groups is 2. The molecular weight excluding hydrogens is 198 g/mol. The van der Waals surface area contributed by atoms with E-state index in [0.29, 0.717) is 26.4 Å². The second-order valence-electron chi connectivity index (χ2n) is 4.08. The number of hydrogen-bond donors (Lipinski definition) is 1. The van der Waals surface area contributed by atoms with Gasteiger partial charge in [0.1, 0.15) is 5.92 Å². The first-order valence-corrected chi connectivity index (χ1v) is 5.22. The largest absolute Gasteiger partial charge is 0.465 e. The van der Waals surface area contributed by atoms with Crippen molar-refractivity contribution in [2.45, 2.75) is 13.3 Å². The van der Waals surface area contributed by atoms with Crippen molar-refractivity contribution in [2.24, 2.45) is 11.3 Å². The predicted molar refractivity (Wildman–Crippen MR) is 51.0 cm³/mol. The molecule has 1 N–H and O–H groups in total. The lowest BCUT2D eigenvalue weighted by Crippen LogP contribution is -2.61. The van der Waals surface area contributed by atoms with Gasteiger partial charge >= 0.3 is 5.97 Å². The molecule has 2 aliphatic rings. The normalized spacial score (nSPS) is 28.1. The van der Waals surface area contributed by atoms with Gasteiger partial charge in [-0.25, -0.2) is 0 Å². The number of hydrogen-bond acceptors (Lipinski definition) is 4. The van der Waals surface area contributed by atoms with E-state index in [9.17, 15) is 9.59 Å². The highest BCUT2D eigenvalue weighted by molar-refractivity contribution is 5.99. The van der Waals surface area contributed by atoms with Crippen LogP contribution in [0.2, 0.25) is 0 Å². The van der Waals surface area contributed by atoms with E-state index in [0.717, 1.165) is 6.42 Å². The van der Waals surface area contributed by atoms with Crippen molar-refractivity contribution < 1.29 is 19.1 Å². The van der Waals surface area contributed by atoms with Crippen LogP contribution in [0.3, 0.4) is 0 Å². The first kappa shape index (κ1) is 10.4. The molecule has 2 heterocycles. The summed E-state index contributed by atoms with van der Waals surface area (Å²) >= 11 is 0. The summed E-state index contributed by atoms with van der Waals surface area (Å²) in [4.78, 5) is 23.3. The Kier molecular flexibility index (Phi) is 2.65. The molecule has 84 valence electrons. The van der Waals surface area contributed by atoms with Crippen molar-refractivity contribution >= 4 is 11.9 Å². The SMILES string of the molecule is CCOC(=O)C1C(=O)NCCC12COC2. The summed E-state index contributed by atoms with van der Waals surface area (Å²) in [5.41, 5.74) is -0.297. The quantitative estimate of drug-likeness (QED) is 0.505. The molecule has 5 heteroatoms. The van der Waals surface area contributed by atoms with Gasteiger partial charge in [0.15, 0.2) is 0 Å². The van der Waals surface area contributed by atoms with Gasteiger partial charge in [0.25, 0.3) is 0 Å². The number of ether oxygens (including phenoxy) is 2. The summed E-state index contributed by atoms with van der Waals surface area (Å²) in [6.07, 6.45) is 0.794. The van der Waals surface area contributed by atoms with Gasteiger partial charge in [-0.15, -0.1) is 0 Å². The molecule has 0 aliphatic carbocycles. The monoisotopic (exact) mass is 213 g/mol. The molecule has 0 bridgehead atoms. The van der Waals surface area contributed by atoms with E-state index < -0.39 is 11.9 Å². The van der Waals surface area contributed by atoms with E-state index in [-0.39, 0.29) is 11.3 Å². The van der Waals surface area contributed by atoms with Crippen LogP contribution in [0.4, 0.5) is 0 Å². The maximum Gasteiger partial charge on any atom is 0.319 e. The second-order valence-corrected chi connectivity index (χ2v) is 4.08. The maximum atomic E-state index is 11.7. The highest BCUT2D eigenvalue weighted by Crippen LogP contribution is 2.41. The average Bonchev–Trinajstić information content (AvgIpc) is 2.15. The molecule has 2 aliphatic heterocycles. The minimum absolute atomic E-state index is 0.219. The standard InChI is InChI=1S/C10H15NO4/c1-2-15-9(13)7-8(12)11-4-3-10(7)5-14-6-10/h7H,2-6H2,1H3,(H,11,12). The third kappa shape index (κ3) is 1.61. The van der Waals surface area contributed by atoms with Crippen LogP contribution in [0.25, 0.3) is 0 Å². The lowest BCUT2D eigenvalue weighted by molar-refractivity contribution is -0.190. The number of piperidine rings is 1. The van der Waals surface area contributed by atoms with Crippen LogP contribution in [0.5, 0.6) is 0 Å². The Morgan fingerprint density at radius 1 is 1.67 bits per heavy atom. The first-order chi connectivity index (χ1) is 7.19. The number of nitrogens with one attached hydrogen (secondary N) is 1. The zero-order valence-electron chi connectivity index (χ0n) is 8.75. The molecule has 1 amide bonds. The summed E-state index contributed by atoms with van der Waals surface area (Å²) in [5.74, 6) is -1.32. The average molecular weight is 213 g/mol. The zero-order valence-corrected chi connectivity index (χ0v) is 8.75. The van der Waals surface area contributed by atoms with Gasteiger partial charge in [0.2, 0.25) is 5.91 Å². The van der Waals surface area contributed by atoms with Crippen molar-refractivity contribution in [1.29, 1.82) is 0 Å². The molecule has 0 saturated carbocycles. The number of carbonyl (C=O) groups excluding carboxylic acids is 2. The van der Waals surface area contributed by atoms with Crippen molar-refractivity contribution in [3.63, 3.8) is 0 Å². The number of amides is 1. The Morgan fingerprint density at radius 2 is 2.40 bits per heavy atom. The third-order valence-electron chi connectivity index (χ3n) is 3.10. The molecule has 2 saturated heterocycles. The number of rotatable bonds is 2. The molecule has 2 rings (SSSR count). The maximum absolute atomic E-state index is 11.7. The third-order valence-corrected chi connectivity index (χ3v) is 3.10. The Morgan fingerprint density at radius 3 is 2.93 bits per heavy atom. The van der Waals surface area contributed by atoms with E-state index in [2.05, 4.69) is 5.32 Å². The van der Waals surface area contributed by atoms with Crippen LogP contribution in [-0.2, 0) is 19.1 Å². The molecule has 2 fully saturated rings. The molecule has 1 unspecified atom stereocenters. The van der Waals surface area contributed by atoms with Gasteiger partial charge in [0.05, 0.1) is 19.8 Å². The topological polar surface area (TPSA) is 64.6 Å². The van der Waals surface area contributed by atoms with Gasteiger partial charge < -0.3 is 14.8 Å². The van der Waals surface area contributed by atoms with E-state index in [1.165, 1.54) is 0 Å². The van der Waals surface area contributed by atoms with Gasteiger partial charge in [-0.2, -0.15) is 0 Å². The van der Waals surface area contributed by atoms with Gasteiger partial charge in [-0.05, 0) is 13.3 Å². The molecule has 15 heavy (non-hydrogen) atoms. The summed E-state index contributed by atoms with van der Waals surface area (Å²) in [7, 11) is 0. The first-order valence-electron chi connectivity index (χ1n) is 5.22. The summed E-state index contributed by atoms with van der Waals surface area (Å²) < 4.78 is 10.1. The molecule has 1 spiro atoms. The van der Waals surface area contributed by atoms with Crippen LogP contribution in [0.1, 0.15) is 13.3 Å². The van der Waals surface area contributed by atoms with E-state index >= 15 is 0 Å². The fourth-order valence-electron chi connectivity index (χ4n) is 2.22. The van der Waals surface area contributed by atoms with Crippen LogP contribution < -0.4 is 5.32 Å². The molecule has 0 aromatic rings. The Labute approximate surface area is 88.1 Å². The van der Waals surface area contributed by atoms with Crippen molar-refractivity contribution in [3.05, 3.63) is 0 Å². The lowest BCUT2D eigenvalue weighted by Gasteiger charge is -2.47. The van der Waals surface area contributed by atoms with Gasteiger partial charge in [-0.1, -0.05) is 0 Å². The summed E-state index contributed by atoms with van der Waals surface area (Å²) in [5, 5.41) is 2.70. The lowest BCUT2D eigenvalue weighted by atomic mass is 9.68. The molecular formula is C10H15NO4. The van der Waals surface area contributed by atoms with Crippen LogP contribution >= 0.6 is 0 Å². The minimum atomic E-state index is -0.681. The van der Waals surface area contributed by atoms with E-state index in [1.54, 1.807) is 6.92 Å². The van der Waals surface area contributed by atoms with Crippen molar-refractivity contribution in [1.82, 2.24) is 5.32 Å². The number of esters is 1. The van der Waals surface area contributed by atoms with Gasteiger partial charge in [0, 0.05) is 12.0 Å². The molecule has 0 radical (unpaired) electrons. The van der Waals surface area contributed by atoms with E-state index in [1.807, 2.05) is 0 Å². The fraction of sp³-hybridized carbons (Fsp3) is 0.800. The van der Waals surface area contributed by atoms with E-state index in [4.69, 9.17) is 9.47 Å². The highest BCUT2D eigenvalue weighted by Gasteiger charge is 2.55. The van der Waals surface area contributed by atoms with Crippen LogP contribution in [0, 0.1) is 11.3 Å². The van der Waals surface area contributed by atoms with Crippen molar-refractivity contribution in [2.75, 3.05) is 26.4 Å². The molecule has 0 aromatic carbocycles. The van der Waals surface area contributed by atoms with Crippen LogP contribution in [-0.4, -0.2) is 38.2 Å². The molecule has 0 aromatic heterocycles. The smallest absolute Gasteiger partial charge is 0.319 e. The fourth-order valence-corrected chi connectivity index (χ4v) is 2.22. The summed E-state index contributed by atoms with van der Waals surface area (Å²) in [6.45, 7) is 3.65. The zero-order chi connectivity index (χ0) is 10.9. The Bertz CT molecular complexity index is 285.